The van der Waals surface area contributed by atoms with E-state index in [-0.39, 0.29) is 42.7 Å². The van der Waals surface area contributed by atoms with Crippen LogP contribution in [0.3, 0.4) is 0 Å². The summed E-state index contributed by atoms with van der Waals surface area (Å²) in [6.45, 7) is 4.70. The van der Waals surface area contributed by atoms with E-state index in [9.17, 15) is 19.5 Å². The highest BCUT2D eigenvalue weighted by Gasteiger charge is 2.25. The number of quaternary nitrogens is 1. The summed E-state index contributed by atoms with van der Waals surface area (Å²) in [5.41, 5.74) is 0. The van der Waals surface area contributed by atoms with E-state index in [2.05, 4.69) is 38.2 Å². The standard InChI is InChI=1S/C57H107NO7/c1-6-8-10-12-14-16-18-20-22-24-26-27-28-29-30-32-34-36-38-40-42-44-46-48-56(60)65-53(51-63-50-49-54(57(61)62)58(3,4)5)52-64-55(59)47-45-43-41-39-37-35-33-31-25-23-21-19-17-15-13-11-9-7-2/h18,20,24,26,53-54H,6-17,19,21-23,25,27-52H2,1-5H3/b20-18-,26-24-. The third-order valence-corrected chi connectivity index (χ3v) is 12.8. The van der Waals surface area contributed by atoms with Gasteiger partial charge in [0.15, 0.2) is 6.10 Å². The number of carbonyl (C=O) groups excluding carboxylic acids is 3. The van der Waals surface area contributed by atoms with Gasteiger partial charge in [0.1, 0.15) is 12.6 Å². The number of allylic oxidation sites excluding steroid dienone is 4. The molecule has 0 saturated heterocycles. The van der Waals surface area contributed by atoms with Crippen LogP contribution in [0, 0.1) is 0 Å². The summed E-state index contributed by atoms with van der Waals surface area (Å²) in [7, 11) is 5.43. The fraction of sp³-hybridized carbons (Fsp3) is 0.877. The molecule has 0 saturated carbocycles. The highest BCUT2D eigenvalue weighted by atomic mass is 16.6. The molecule has 0 amide bonds. The molecule has 0 aromatic rings. The van der Waals surface area contributed by atoms with Crippen LogP contribution in [0.1, 0.15) is 271 Å². The normalized spacial score (nSPS) is 12.9. The Morgan fingerprint density at radius 1 is 0.462 bits per heavy atom. The fourth-order valence-corrected chi connectivity index (χ4v) is 8.52. The van der Waals surface area contributed by atoms with Crippen molar-refractivity contribution in [3.05, 3.63) is 24.3 Å². The largest absolute Gasteiger partial charge is 0.544 e. The van der Waals surface area contributed by atoms with Gasteiger partial charge in [-0.15, -0.1) is 0 Å². The zero-order chi connectivity index (χ0) is 47.7. The van der Waals surface area contributed by atoms with Crippen LogP contribution in [0.15, 0.2) is 24.3 Å². The minimum Gasteiger partial charge on any atom is -0.544 e. The number of carbonyl (C=O) groups is 3. The molecule has 0 radical (unpaired) electrons. The number of likely N-dealkylation sites (N-methyl/N-ethyl adjacent to an activating group) is 1. The second-order valence-corrected chi connectivity index (χ2v) is 20.2. The first-order chi connectivity index (χ1) is 31.6. The number of ether oxygens (including phenoxy) is 3. The summed E-state index contributed by atoms with van der Waals surface area (Å²) in [4.78, 5) is 37.1. The molecule has 65 heavy (non-hydrogen) atoms. The van der Waals surface area contributed by atoms with Gasteiger partial charge in [0.05, 0.1) is 40.3 Å². The number of hydrogen-bond donors (Lipinski definition) is 0. The minimum absolute atomic E-state index is 0.0450. The van der Waals surface area contributed by atoms with Gasteiger partial charge < -0.3 is 28.6 Å². The van der Waals surface area contributed by atoms with E-state index >= 15 is 0 Å². The van der Waals surface area contributed by atoms with Gasteiger partial charge in [0.25, 0.3) is 0 Å². The van der Waals surface area contributed by atoms with Crippen LogP contribution < -0.4 is 5.11 Å². The molecule has 0 aliphatic rings. The molecule has 0 aliphatic heterocycles. The third kappa shape index (κ3) is 46.7. The van der Waals surface area contributed by atoms with Crippen LogP contribution in [-0.4, -0.2) is 75.5 Å². The first-order valence-corrected chi connectivity index (χ1v) is 27.9. The molecule has 0 spiro atoms. The van der Waals surface area contributed by atoms with Crippen LogP contribution >= 0.6 is 0 Å². The van der Waals surface area contributed by atoms with E-state index in [4.69, 9.17) is 14.2 Å². The Balaban J connectivity index is 4.16. The molecule has 0 bridgehead atoms. The van der Waals surface area contributed by atoms with E-state index in [1.807, 2.05) is 21.1 Å². The monoisotopic (exact) mass is 918 g/mol. The van der Waals surface area contributed by atoms with E-state index in [1.165, 1.54) is 193 Å². The number of carboxylic acids is 1. The van der Waals surface area contributed by atoms with Crippen molar-refractivity contribution < 1.29 is 38.2 Å². The summed E-state index contributed by atoms with van der Waals surface area (Å²) in [5, 5.41) is 11.7. The van der Waals surface area contributed by atoms with Crippen LogP contribution in [0.25, 0.3) is 0 Å². The summed E-state index contributed by atoms with van der Waals surface area (Å²) in [5.74, 6) is -1.72. The Labute approximate surface area is 402 Å². The molecule has 8 nitrogen and oxygen atoms in total. The van der Waals surface area contributed by atoms with Crippen molar-refractivity contribution in [1.29, 1.82) is 0 Å². The number of hydrogen-bond acceptors (Lipinski definition) is 7. The van der Waals surface area contributed by atoms with Gasteiger partial charge in [0, 0.05) is 19.3 Å². The zero-order valence-corrected chi connectivity index (χ0v) is 43.7. The Morgan fingerprint density at radius 3 is 1.18 bits per heavy atom. The average Bonchev–Trinajstić information content (AvgIpc) is 3.27. The first kappa shape index (κ1) is 62.8. The molecule has 2 unspecified atom stereocenters. The average molecular weight is 918 g/mol. The smallest absolute Gasteiger partial charge is 0.306 e. The molecule has 0 aromatic carbocycles. The zero-order valence-electron chi connectivity index (χ0n) is 43.7. The van der Waals surface area contributed by atoms with Gasteiger partial charge in [-0.3, -0.25) is 9.59 Å². The second kappa shape index (κ2) is 48.3. The molecular formula is C57H107NO7. The molecular weight excluding hydrogens is 811 g/mol. The summed E-state index contributed by atoms with van der Waals surface area (Å²) in [6.07, 6.45) is 56.4. The van der Waals surface area contributed by atoms with Crippen molar-refractivity contribution in [1.82, 2.24) is 0 Å². The first-order valence-electron chi connectivity index (χ1n) is 27.9. The van der Waals surface area contributed by atoms with Crippen LogP contribution in [0.5, 0.6) is 0 Å². The van der Waals surface area contributed by atoms with Gasteiger partial charge in [-0.05, 0) is 44.9 Å². The number of unbranched alkanes of at least 4 members (excludes halogenated alkanes) is 33. The molecule has 2 atom stereocenters. The lowest BCUT2D eigenvalue weighted by molar-refractivity contribution is -0.889. The molecule has 0 aliphatic carbocycles. The summed E-state index contributed by atoms with van der Waals surface area (Å²) < 4.78 is 17.3. The van der Waals surface area contributed by atoms with Crippen LogP contribution in [0.2, 0.25) is 0 Å². The molecule has 0 aromatic heterocycles. The lowest BCUT2D eigenvalue weighted by Crippen LogP contribution is -2.55. The van der Waals surface area contributed by atoms with Crippen LogP contribution in [-0.2, 0) is 28.6 Å². The Hall–Kier alpha value is -2.19. The van der Waals surface area contributed by atoms with Crippen molar-refractivity contribution in [2.75, 3.05) is 41.0 Å². The van der Waals surface area contributed by atoms with Gasteiger partial charge in [-0.1, -0.05) is 231 Å². The van der Waals surface area contributed by atoms with Crippen molar-refractivity contribution in [2.45, 2.75) is 283 Å². The third-order valence-electron chi connectivity index (χ3n) is 12.8. The van der Waals surface area contributed by atoms with Crippen molar-refractivity contribution in [3.63, 3.8) is 0 Å². The number of carboxylic acid groups (broad SMARTS) is 1. The van der Waals surface area contributed by atoms with Gasteiger partial charge in [-0.2, -0.15) is 0 Å². The van der Waals surface area contributed by atoms with Crippen molar-refractivity contribution >= 4 is 17.9 Å². The molecule has 382 valence electrons. The Bertz CT molecular complexity index is 1120. The SMILES string of the molecule is CCCCCCC/C=C\C/C=C\CCCCCCCCCCCCCC(=O)OC(COCCC(C(=O)[O-])[N+](C)(C)C)COC(=O)CCCCCCCCCCCCCCCCCCCC. The van der Waals surface area contributed by atoms with E-state index < -0.39 is 18.1 Å². The highest BCUT2D eigenvalue weighted by Crippen LogP contribution is 2.17. The molecule has 0 heterocycles. The summed E-state index contributed by atoms with van der Waals surface area (Å²) >= 11 is 0. The fourth-order valence-electron chi connectivity index (χ4n) is 8.52. The topological polar surface area (TPSA) is 102 Å². The second-order valence-electron chi connectivity index (χ2n) is 20.2. The highest BCUT2D eigenvalue weighted by molar-refractivity contribution is 5.70. The maximum Gasteiger partial charge on any atom is 0.306 e. The minimum atomic E-state index is -1.12. The predicted octanol–water partition coefficient (Wildman–Crippen LogP) is 15.0. The van der Waals surface area contributed by atoms with Crippen LogP contribution in [0.4, 0.5) is 0 Å². The van der Waals surface area contributed by atoms with Crippen molar-refractivity contribution in [3.8, 4) is 0 Å². The quantitative estimate of drug-likeness (QED) is 0.0259. The molecule has 0 rings (SSSR count). The lowest BCUT2D eigenvalue weighted by Gasteiger charge is -2.34. The molecule has 0 fully saturated rings. The van der Waals surface area contributed by atoms with Gasteiger partial charge in [-0.25, -0.2) is 0 Å². The van der Waals surface area contributed by atoms with Gasteiger partial charge >= 0.3 is 11.9 Å². The number of aliphatic carboxylic acids is 1. The van der Waals surface area contributed by atoms with E-state index in [0.29, 0.717) is 12.8 Å². The number of esters is 2. The van der Waals surface area contributed by atoms with Crippen molar-refractivity contribution in [2.24, 2.45) is 0 Å². The lowest BCUT2D eigenvalue weighted by atomic mass is 10.0. The van der Waals surface area contributed by atoms with E-state index in [0.717, 1.165) is 44.9 Å². The Kier molecular flexibility index (Phi) is 46.6. The maximum atomic E-state index is 12.8. The van der Waals surface area contributed by atoms with E-state index in [1.54, 1.807) is 0 Å². The maximum absolute atomic E-state index is 12.8. The molecule has 8 heteroatoms. The Morgan fingerprint density at radius 2 is 0.815 bits per heavy atom. The predicted molar refractivity (Wildman–Crippen MR) is 273 cm³/mol. The number of nitrogens with zero attached hydrogens (tertiary/aromatic N) is 1. The van der Waals surface area contributed by atoms with Gasteiger partial charge in [0.2, 0.25) is 0 Å². The molecule has 0 N–H and O–H groups in total. The number of rotatable bonds is 51. The summed E-state index contributed by atoms with van der Waals surface area (Å²) in [6, 6.07) is -0.724.